The number of benzene rings is 1. The maximum Gasteiger partial charge on any atom is 0.169 e. The van der Waals surface area contributed by atoms with Crippen LogP contribution in [0.15, 0.2) is 43.9 Å². The Hall–Kier alpha value is -0.780. The molecule has 0 aliphatic heterocycles. The van der Waals surface area contributed by atoms with Crippen LogP contribution < -0.4 is 10.1 Å². The molecule has 0 saturated carbocycles. The number of hydrogen-bond acceptors (Lipinski definition) is 3. The van der Waals surface area contributed by atoms with Gasteiger partial charge in [-0.1, -0.05) is 6.07 Å². The van der Waals surface area contributed by atoms with Gasteiger partial charge in [-0.05, 0) is 75.5 Å². The summed E-state index contributed by atoms with van der Waals surface area (Å²) in [5.41, 5.74) is 1.19. The average molecular weight is 403 g/mol. The highest BCUT2D eigenvalue weighted by Gasteiger charge is 2.15. The van der Waals surface area contributed by atoms with Crippen molar-refractivity contribution in [2.24, 2.45) is 0 Å². The van der Waals surface area contributed by atoms with Gasteiger partial charge in [0.05, 0.1) is 17.6 Å². The van der Waals surface area contributed by atoms with Gasteiger partial charge >= 0.3 is 0 Å². The first-order chi connectivity index (χ1) is 9.51. The number of hydrogen-bond donors (Lipinski definition) is 1. The Morgan fingerprint density at radius 1 is 1.10 bits per heavy atom. The summed E-state index contributed by atoms with van der Waals surface area (Å²) in [6, 6.07) is 10.3. The second kappa shape index (κ2) is 6.78. The fourth-order valence-electron chi connectivity index (χ4n) is 2.07. The van der Waals surface area contributed by atoms with Gasteiger partial charge in [0.25, 0.3) is 0 Å². The third kappa shape index (κ3) is 3.65. The summed E-state index contributed by atoms with van der Waals surface area (Å²) >= 11 is 6.84. The number of nitrogens with one attached hydrogen (secondary N) is 1. The van der Waals surface area contributed by atoms with Crippen LogP contribution >= 0.6 is 31.9 Å². The number of ether oxygens (including phenoxy) is 1. The predicted molar refractivity (Wildman–Crippen MR) is 87.1 cm³/mol. The Kier molecular flexibility index (Phi) is 5.29. The smallest absolute Gasteiger partial charge is 0.169 e. The van der Waals surface area contributed by atoms with Gasteiger partial charge in [0.15, 0.2) is 4.67 Å². The Morgan fingerprint density at radius 3 is 2.40 bits per heavy atom. The largest absolute Gasteiger partial charge is 0.496 e. The first kappa shape index (κ1) is 15.6. The van der Waals surface area contributed by atoms with Crippen LogP contribution in [0.3, 0.4) is 0 Å². The standard InChI is InChI=1S/C15H17Br2NO2/c1-9(11-4-5-14(19-3)12(16)8-11)18-10(2)13-6-7-15(17)20-13/h4-10,18H,1-3H3. The zero-order chi connectivity index (χ0) is 14.7. The van der Waals surface area contributed by atoms with E-state index in [1.54, 1.807) is 7.11 Å². The highest BCUT2D eigenvalue weighted by Crippen LogP contribution is 2.29. The monoisotopic (exact) mass is 401 g/mol. The van der Waals surface area contributed by atoms with Crippen molar-refractivity contribution in [2.45, 2.75) is 25.9 Å². The lowest BCUT2D eigenvalue weighted by Gasteiger charge is -2.19. The zero-order valence-electron chi connectivity index (χ0n) is 11.6. The van der Waals surface area contributed by atoms with Crippen molar-refractivity contribution in [3.63, 3.8) is 0 Å². The highest BCUT2D eigenvalue weighted by molar-refractivity contribution is 9.10. The molecule has 1 aromatic carbocycles. The van der Waals surface area contributed by atoms with E-state index in [-0.39, 0.29) is 12.1 Å². The third-order valence-corrected chi connectivity index (χ3v) is 4.24. The fraction of sp³-hybridized carbons (Fsp3) is 0.333. The normalized spacial score (nSPS) is 14.1. The molecule has 0 saturated heterocycles. The zero-order valence-corrected chi connectivity index (χ0v) is 14.8. The van der Waals surface area contributed by atoms with E-state index in [1.165, 1.54) is 5.56 Å². The summed E-state index contributed by atoms with van der Waals surface area (Å²) in [6.07, 6.45) is 0. The number of halogens is 2. The van der Waals surface area contributed by atoms with Gasteiger partial charge in [-0.25, -0.2) is 0 Å². The van der Waals surface area contributed by atoms with Crippen LogP contribution in [-0.2, 0) is 0 Å². The van der Waals surface area contributed by atoms with E-state index < -0.39 is 0 Å². The Bertz CT molecular complexity index is 583. The molecule has 1 N–H and O–H groups in total. The lowest BCUT2D eigenvalue weighted by Crippen LogP contribution is -2.22. The second-order valence-electron chi connectivity index (χ2n) is 4.65. The fourth-order valence-corrected chi connectivity index (χ4v) is 2.94. The summed E-state index contributed by atoms with van der Waals surface area (Å²) in [7, 11) is 1.66. The minimum absolute atomic E-state index is 0.136. The van der Waals surface area contributed by atoms with E-state index in [0.29, 0.717) is 0 Å². The van der Waals surface area contributed by atoms with Gasteiger partial charge < -0.3 is 14.5 Å². The third-order valence-electron chi connectivity index (χ3n) is 3.20. The van der Waals surface area contributed by atoms with Crippen LogP contribution in [0.5, 0.6) is 5.75 Å². The minimum atomic E-state index is 0.136. The Balaban J connectivity index is 2.07. The van der Waals surface area contributed by atoms with E-state index in [9.17, 15) is 0 Å². The van der Waals surface area contributed by atoms with E-state index >= 15 is 0 Å². The summed E-state index contributed by atoms with van der Waals surface area (Å²) in [6.45, 7) is 4.21. The molecule has 0 bridgehead atoms. The van der Waals surface area contributed by atoms with Crippen LogP contribution in [-0.4, -0.2) is 7.11 Å². The van der Waals surface area contributed by atoms with Crippen molar-refractivity contribution in [3.8, 4) is 5.75 Å². The van der Waals surface area contributed by atoms with Gasteiger partial charge in [0.1, 0.15) is 11.5 Å². The molecule has 2 aromatic rings. The van der Waals surface area contributed by atoms with E-state index in [1.807, 2.05) is 18.2 Å². The summed E-state index contributed by atoms with van der Waals surface area (Å²) in [4.78, 5) is 0. The van der Waals surface area contributed by atoms with Crippen molar-refractivity contribution < 1.29 is 9.15 Å². The highest BCUT2D eigenvalue weighted by atomic mass is 79.9. The first-order valence-electron chi connectivity index (χ1n) is 6.36. The second-order valence-corrected chi connectivity index (χ2v) is 6.28. The summed E-state index contributed by atoms with van der Waals surface area (Å²) < 4.78 is 12.5. The molecular weight excluding hydrogens is 386 g/mol. The van der Waals surface area contributed by atoms with Crippen molar-refractivity contribution in [2.75, 3.05) is 7.11 Å². The number of methoxy groups -OCH3 is 1. The molecule has 0 aliphatic carbocycles. The molecule has 0 radical (unpaired) electrons. The van der Waals surface area contributed by atoms with Gasteiger partial charge in [0, 0.05) is 6.04 Å². The molecule has 0 aliphatic rings. The van der Waals surface area contributed by atoms with Gasteiger partial charge in [-0.15, -0.1) is 0 Å². The van der Waals surface area contributed by atoms with Crippen LogP contribution in [0.2, 0.25) is 0 Å². The van der Waals surface area contributed by atoms with E-state index in [2.05, 4.69) is 63.2 Å². The van der Waals surface area contributed by atoms with Crippen LogP contribution in [0.1, 0.15) is 37.3 Å². The van der Waals surface area contributed by atoms with Crippen LogP contribution in [0.25, 0.3) is 0 Å². The molecule has 2 rings (SSSR count). The van der Waals surface area contributed by atoms with Crippen molar-refractivity contribution in [1.82, 2.24) is 5.32 Å². The predicted octanol–water partition coefficient (Wildman–Crippen LogP) is 5.23. The van der Waals surface area contributed by atoms with Crippen molar-refractivity contribution >= 4 is 31.9 Å². The molecule has 3 nitrogen and oxygen atoms in total. The molecule has 0 amide bonds. The SMILES string of the molecule is COc1ccc(C(C)NC(C)c2ccc(Br)o2)cc1Br. The molecule has 20 heavy (non-hydrogen) atoms. The molecule has 0 fully saturated rings. The van der Waals surface area contributed by atoms with Gasteiger partial charge in [-0.2, -0.15) is 0 Å². The molecule has 108 valence electrons. The lowest BCUT2D eigenvalue weighted by atomic mass is 10.1. The summed E-state index contributed by atoms with van der Waals surface area (Å²) in [5.74, 6) is 1.75. The number of furan rings is 1. The lowest BCUT2D eigenvalue weighted by molar-refractivity contribution is 0.392. The molecule has 0 spiro atoms. The molecule has 1 heterocycles. The minimum Gasteiger partial charge on any atom is -0.496 e. The van der Waals surface area contributed by atoms with Crippen LogP contribution in [0.4, 0.5) is 0 Å². The molecule has 2 atom stereocenters. The van der Waals surface area contributed by atoms with Gasteiger partial charge in [-0.3, -0.25) is 0 Å². The molecule has 5 heteroatoms. The average Bonchev–Trinajstić information content (AvgIpc) is 2.85. The Labute approximate surface area is 136 Å². The van der Waals surface area contributed by atoms with Crippen LogP contribution in [0, 0.1) is 0 Å². The van der Waals surface area contributed by atoms with Gasteiger partial charge in [0.2, 0.25) is 0 Å². The summed E-state index contributed by atoms with van der Waals surface area (Å²) in [5, 5.41) is 3.51. The maximum absolute atomic E-state index is 5.57. The molecule has 2 unspecified atom stereocenters. The van der Waals surface area contributed by atoms with Crippen molar-refractivity contribution in [1.29, 1.82) is 0 Å². The number of rotatable bonds is 5. The first-order valence-corrected chi connectivity index (χ1v) is 7.94. The van der Waals surface area contributed by atoms with E-state index in [0.717, 1.165) is 20.7 Å². The van der Waals surface area contributed by atoms with E-state index in [4.69, 9.17) is 9.15 Å². The Morgan fingerprint density at radius 2 is 1.85 bits per heavy atom. The molecular formula is C15H17Br2NO2. The topological polar surface area (TPSA) is 34.4 Å². The molecule has 1 aromatic heterocycles. The maximum atomic E-state index is 5.57. The quantitative estimate of drug-likeness (QED) is 0.743. The van der Waals surface area contributed by atoms with Crippen molar-refractivity contribution in [3.05, 3.63) is 50.8 Å².